The van der Waals surface area contributed by atoms with Gasteiger partial charge in [0.2, 0.25) is 0 Å². The Labute approximate surface area is 142 Å². The first-order valence-electron chi connectivity index (χ1n) is 9.33. The number of ketones is 1. The van der Waals surface area contributed by atoms with Crippen LogP contribution in [0.5, 0.6) is 0 Å². The number of rotatable bonds is 5. The number of fused-ring (bicyclic) bond motifs is 1. The van der Waals surface area contributed by atoms with E-state index in [1.54, 1.807) is 13.8 Å². The molecule has 0 aliphatic heterocycles. The second kappa shape index (κ2) is 7.34. The molecule has 0 saturated heterocycles. The Morgan fingerprint density at radius 1 is 1.30 bits per heavy atom. The third kappa shape index (κ3) is 4.56. The van der Waals surface area contributed by atoms with Gasteiger partial charge in [-0.15, -0.1) is 0 Å². The number of aliphatic hydroxyl groups is 1. The lowest BCUT2D eigenvalue weighted by Gasteiger charge is -2.51. The second-order valence-corrected chi connectivity index (χ2v) is 8.57. The minimum atomic E-state index is -0.748. The maximum Gasteiger partial charge on any atom is 0.136 e. The molecule has 2 saturated carbocycles. The van der Waals surface area contributed by atoms with Gasteiger partial charge in [-0.2, -0.15) is 0 Å². The van der Waals surface area contributed by atoms with Crippen LogP contribution in [0.2, 0.25) is 0 Å². The van der Waals surface area contributed by atoms with Crippen molar-refractivity contribution in [3.63, 3.8) is 0 Å². The zero-order valence-electron chi connectivity index (χ0n) is 15.3. The summed E-state index contributed by atoms with van der Waals surface area (Å²) in [6.45, 7) is 8.29. The number of allylic oxidation sites excluding steroid dienone is 3. The molecular weight excluding hydrogens is 284 g/mol. The molecule has 2 fully saturated rings. The van der Waals surface area contributed by atoms with Crippen molar-refractivity contribution in [2.45, 2.75) is 78.2 Å². The smallest absolute Gasteiger partial charge is 0.136 e. The summed E-state index contributed by atoms with van der Waals surface area (Å²) in [6.07, 6.45) is 15.8. The SMILES string of the molecule is C[C@H](C/C=C/C=C/C(C)(C)O)[C@H]1CCC[C@H]2C(=O)CCC[C@]12C. The molecule has 0 aromatic carbocycles. The molecule has 0 aromatic rings. The molecule has 4 atom stereocenters. The molecule has 130 valence electrons. The van der Waals surface area contributed by atoms with Crippen LogP contribution in [0, 0.1) is 23.2 Å². The highest BCUT2D eigenvalue weighted by Gasteiger charge is 2.49. The maximum absolute atomic E-state index is 12.3. The van der Waals surface area contributed by atoms with E-state index in [0.717, 1.165) is 25.7 Å². The number of carbonyl (C=O) groups is 1. The summed E-state index contributed by atoms with van der Waals surface area (Å²) in [4.78, 5) is 12.3. The zero-order valence-corrected chi connectivity index (χ0v) is 15.3. The van der Waals surface area contributed by atoms with Crippen LogP contribution in [0.1, 0.15) is 72.6 Å². The zero-order chi connectivity index (χ0) is 17.1. The highest BCUT2D eigenvalue weighted by Crippen LogP contribution is 2.54. The fourth-order valence-electron chi connectivity index (χ4n) is 4.93. The molecule has 0 heterocycles. The van der Waals surface area contributed by atoms with Crippen molar-refractivity contribution in [1.82, 2.24) is 0 Å². The van der Waals surface area contributed by atoms with Crippen LogP contribution in [-0.4, -0.2) is 16.5 Å². The summed E-state index contributed by atoms with van der Waals surface area (Å²) in [5.41, 5.74) is -0.522. The molecular formula is C21H34O2. The van der Waals surface area contributed by atoms with Crippen LogP contribution < -0.4 is 0 Å². The number of hydrogen-bond donors (Lipinski definition) is 1. The Kier molecular flexibility index (Phi) is 5.89. The molecule has 0 spiro atoms. The van der Waals surface area contributed by atoms with Gasteiger partial charge >= 0.3 is 0 Å². The first-order valence-corrected chi connectivity index (χ1v) is 9.33. The van der Waals surface area contributed by atoms with Crippen molar-refractivity contribution in [3.05, 3.63) is 24.3 Å². The Hall–Kier alpha value is -0.890. The van der Waals surface area contributed by atoms with Gasteiger partial charge in [-0.25, -0.2) is 0 Å². The Balaban J connectivity index is 1.98. The Morgan fingerprint density at radius 2 is 2.04 bits per heavy atom. The lowest BCUT2D eigenvalue weighted by atomic mass is 9.52. The molecule has 0 unspecified atom stereocenters. The van der Waals surface area contributed by atoms with Gasteiger partial charge in [0.1, 0.15) is 5.78 Å². The van der Waals surface area contributed by atoms with Gasteiger partial charge in [-0.1, -0.05) is 44.6 Å². The summed E-state index contributed by atoms with van der Waals surface area (Å²) in [6, 6.07) is 0. The van der Waals surface area contributed by atoms with E-state index in [-0.39, 0.29) is 5.41 Å². The van der Waals surface area contributed by atoms with Gasteiger partial charge in [0, 0.05) is 12.3 Å². The van der Waals surface area contributed by atoms with Gasteiger partial charge in [0.25, 0.3) is 0 Å². The van der Waals surface area contributed by atoms with Crippen LogP contribution in [-0.2, 0) is 4.79 Å². The average Bonchev–Trinajstić information content (AvgIpc) is 2.44. The second-order valence-electron chi connectivity index (χ2n) is 8.57. The molecule has 23 heavy (non-hydrogen) atoms. The van der Waals surface area contributed by atoms with E-state index in [4.69, 9.17) is 0 Å². The van der Waals surface area contributed by atoms with Gasteiger partial charge in [0.15, 0.2) is 0 Å². The molecule has 0 amide bonds. The Morgan fingerprint density at radius 3 is 2.74 bits per heavy atom. The first-order chi connectivity index (χ1) is 10.7. The van der Waals surface area contributed by atoms with E-state index in [2.05, 4.69) is 19.9 Å². The van der Waals surface area contributed by atoms with Crippen LogP contribution >= 0.6 is 0 Å². The average molecular weight is 319 g/mol. The molecule has 0 bridgehead atoms. The topological polar surface area (TPSA) is 37.3 Å². The van der Waals surface area contributed by atoms with Gasteiger partial charge < -0.3 is 5.11 Å². The van der Waals surface area contributed by atoms with Gasteiger partial charge in [0.05, 0.1) is 5.60 Å². The molecule has 2 aliphatic carbocycles. The van der Waals surface area contributed by atoms with Crippen LogP contribution in [0.25, 0.3) is 0 Å². The van der Waals surface area contributed by atoms with Crippen molar-refractivity contribution < 1.29 is 9.90 Å². The maximum atomic E-state index is 12.3. The molecule has 2 heteroatoms. The monoisotopic (exact) mass is 318 g/mol. The number of Topliss-reactive ketones (excluding diaryl/α,β-unsaturated/α-hetero) is 1. The standard InChI is InChI=1S/C21H34O2/c1-16(10-6-5-7-14-20(2,3)23)17-11-8-12-18-19(22)13-9-15-21(17,18)4/h5-7,14,16-18,23H,8-13,15H2,1-4H3/b6-5+,14-7+/t16-,17-,18+,21-/m1/s1. The molecule has 2 nitrogen and oxygen atoms in total. The molecule has 2 rings (SSSR count). The summed E-state index contributed by atoms with van der Waals surface area (Å²) in [5, 5.41) is 9.67. The minimum Gasteiger partial charge on any atom is -0.386 e. The van der Waals surface area contributed by atoms with Gasteiger partial charge in [-0.3, -0.25) is 4.79 Å². The third-order valence-corrected chi connectivity index (χ3v) is 6.12. The van der Waals surface area contributed by atoms with Crippen LogP contribution in [0.3, 0.4) is 0 Å². The lowest BCUT2D eigenvalue weighted by Crippen LogP contribution is -2.47. The van der Waals surface area contributed by atoms with Crippen molar-refractivity contribution in [1.29, 1.82) is 0 Å². The van der Waals surface area contributed by atoms with Gasteiger partial charge in [-0.05, 0) is 63.2 Å². The normalized spacial score (nSPS) is 34.0. The quantitative estimate of drug-likeness (QED) is 0.718. The first kappa shape index (κ1) is 18.4. The largest absolute Gasteiger partial charge is 0.386 e. The third-order valence-electron chi connectivity index (χ3n) is 6.12. The Bertz CT molecular complexity index is 469. The molecule has 0 aromatic heterocycles. The number of hydrogen-bond acceptors (Lipinski definition) is 2. The van der Waals surface area contributed by atoms with Crippen molar-refractivity contribution in [2.75, 3.05) is 0 Å². The van der Waals surface area contributed by atoms with Crippen LogP contribution in [0.4, 0.5) is 0 Å². The number of carbonyl (C=O) groups excluding carboxylic acids is 1. The van der Waals surface area contributed by atoms with E-state index in [0.29, 0.717) is 23.5 Å². The predicted octanol–water partition coefficient (Wildman–Crippen LogP) is 5.07. The van der Waals surface area contributed by atoms with E-state index < -0.39 is 5.60 Å². The van der Waals surface area contributed by atoms with E-state index in [1.165, 1.54) is 19.3 Å². The van der Waals surface area contributed by atoms with Crippen LogP contribution in [0.15, 0.2) is 24.3 Å². The lowest BCUT2D eigenvalue weighted by molar-refractivity contribution is -0.137. The molecule has 2 aliphatic rings. The summed E-state index contributed by atoms with van der Waals surface area (Å²) < 4.78 is 0. The fraction of sp³-hybridized carbons (Fsp3) is 0.762. The van der Waals surface area contributed by atoms with E-state index in [1.807, 2.05) is 18.2 Å². The van der Waals surface area contributed by atoms with E-state index in [9.17, 15) is 9.90 Å². The summed E-state index contributed by atoms with van der Waals surface area (Å²) >= 11 is 0. The minimum absolute atomic E-state index is 0.226. The highest BCUT2D eigenvalue weighted by molar-refractivity contribution is 5.82. The fourth-order valence-corrected chi connectivity index (χ4v) is 4.93. The molecule has 0 radical (unpaired) electrons. The van der Waals surface area contributed by atoms with E-state index >= 15 is 0 Å². The molecule has 1 N–H and O–H groups in total. The predicted molar refractivity (Wildman–Crippen MR) is 96.2 cm³/mol. The highest BCUT2D eigenvalue weighted by atomic mass is 16.3. The van der Waals surface area contributed by atoms with Crippen molar-refractivity contribution in [3.8, 4) is 0 Å². The van der Waals surface area contributed by atoms with Crippen molar-refractivity contribution >= 4 is 5.78 Å². The summed E-state index contributed by atoms with van der Waals surface area (Å²) in [7, 11) is 0. The summed E-state index contributed by atoms with van der Waals surface area (Å²) in [5.74, 6) is 2.12. The van der Waals surface area contributed by atoms with Crippen molar-refractivity contribution in [2.24, 2.45) is 23.2 Å².